The molecule has 0 spiro atoms. The summed E-state index contributed by atoms with van der Waals surface area (Å²) in [5.74, 6) is 3.65. The maximum absolute atomic E-state index is 13.1. The first-order valence-electron chi connectivity index (χ1n) is 5.36. The minimum absolute atomic E-state index is 0.350. The topological polar surface area (TPSA) is 68.8 Å². The van der Waals surface area contributed by atoms with Crippen LogP contribution in [0, 0.1) is 11.6 Å². The minimum Gasteiger partial charge on any atom is -0.271 e. The Labute approximate surface area is 103 Å². The highest BCUT2D eigenvalue weighted by atomic mass is 19.2. The van der Waals surface area contributed by atoms with Gasteiger partial charge in [0, 0.05) is 19.7 Å². The number of halogens is 2. The van der Waals surface area contributed by atoms with Gasteiger partial charge in [-0.25, -0.2) is 8.78 Å². The van der Waals surface area contributed by atoms with Crippen LogP contribution in [0.2, 0.25) is 0 Å². The van der Waals surface area contributed by atoms with Gasteiger partial charge in [0.05, 0.1) is 11.7 Å². The van der Waals surface area contributed by atoms with Crippen molar-refractivity contribution >= 4 is 0 Å². The number of benzene rings is 1. The summed E-state index contributed by atoms with van der Waals surface area (Å²) >= 11 is 0. The van der Waals surface area contributed by atoms with Crippen molar-refractivity contribution < 1.29 is 8.78 Å². The molecule has 0 radical (unpaired) electrons. The van der Waals surface area contributed by atoms with Crippen molar-refractivity contribution in [2.75, 3.05) is 0 Å². The Balaban J connectivity index is 2.19. The lowest BCUT2D eigenvalue weighted by molar-refractivity contribution is 0.496. The number of hydrogen-bond acceptors (Lipinski definition) is 4. The lowest BCUT2D eigenvalue weighted by atomic mass is 10.0. The van der Waals surface area contributed by atoms with Crippen LogP contribution in [-0.4, -0.2) is 15.0 Å². The molecule has 0 aliphatic rings. The molecule has 1 aromatic carbocycles. The zero-order valence-electron chi connectivity index (χ0n) is 9.77. The van der Waals surface area contributed by atoms with Crippen molar-refractivity contribution in [3.63, 3.8) is 0 Å². The molecule has 0 fully saturated rings. The normalized spacial score (nSPS) is 12.7. The third-order valence-corrected chi connectivity index (χ3v) is 2.61. The molecule has 2 aromatic rings. The fourth-order valence-electron chi connectivity index (χ4n) is 1.70. The van der Waals surface area contributed by atoms with Crippen molar-refractivity contribution in [1.29, 1.82) is 0 Å². The number of nitrogens with zero attached hydrogens (tertiary/aromatic N) is 3. The molecule has 1 heterocycles. The number of hydrazine groups is 1. The van der Waals surface area contributed by atoms with E-state index in [9.17, 15) is 8.78 Å². The molecular weight excluding hydrogens is 240 g/mol. The van der Waals surface area contributed by atoms with Crippen molar-refractivity contribution in [3.8, 4) is 0 Å². The van der Waals surface area contributed by atoms with Crippen LogP contribution in [0.25, 0.3) is 0 Å². The number of nitrogens with two attached hydrogens (primary N) is 1. The van der Waals surface area contributed by atoms with Crippen molar-refractivity contribution in [3.05, 3.63) is 47.3 Å². The summed E-state index contributed by atoms with van der Waals surface area (Å²) in [5, 5.41) is 7.71. The fourth-order valence-corrected chi connectivity index (χ4v) is 1.70. The first kappa shape index (κ1) is 12.6. The number of nitrogens with one attached hydrogen (secondary N) is 1. The molecule has 2 rings (SSSR count). The number of aromatic nitrogens is 3. The molecule has 1 unspecified atom stereocenters. The molecule has 96 valence electrons. The van der Waals surface area contributed by atoms with Gasteiger partial charge in [-0.15, -0.1) is 5.10 Å². The van der Waals surface area contributed by atoms with Crippen molar-refractivity contribution in [1.82, 2.24) is 20.4 Å². The summed E-state index contributed by atoms with van der Waals surface area (Å²) in [6.07, 6.45) is 2.18. The van der Waals surface area contributed by atoms with E-state index in [1.165, 1.54) is 6.07 Å². The van der Waals surface area contributed by atoms with Crippen LogP contribution in [0.5, 0.6) is 0 Å². The zero-order valence-corrected chi connectivity index (χ0v) is 9.77. The fraction of sp³-hybridized carbons (Fsp3) is 0.273. The number of hydrogen-bond donors (Lipinski definition) is 2. The number of rotatable bonds is 4. The molecule has 0 saturated heterocycles. The summed E-state index contributed by atoms with van der Waals surface area (Å²) in [7, 11) is 1.75. The van der Waals surface area contributed by atoms with E-state index in [1.54, 1.807) is 17.9 Å². The Kier molecular flexibility index (Phi) is 3.63. The Bertz CT molecular complexity index is 540. The third kappa shape index (κ3) is 2.69. The van der Waals surface area contributed by atoms with E-state index in [0.717, 1.165) is 12.1 Å². The van der Waals surface area contributed by atoms with E-state index in [1.807, 2.05) is 0 Å². The van der Waals surface area contributed by atoms with Crippen LogP contribution >= 0.6 is 0 Å². The third-order valence-electron chi connectivity index (χ3n) is 2.61. The Morgan fingerprint density at radius 3 is 2.72 bits per heavy atom. The largest absolute Gasteiger partial charge is 0.271 e. The van der Waals surface area contributed by atoms with Gasteiger partial charge in [0.2, 0.25) is 0 Å². The van der Waals surface area contributed by atoms with Crippen molar-refractivity contribution in [2.45, 2.75) is 12.5 Å². The molecule has 0 bridgehead atoms. The van der Waals surface area contributed by atoms with Gasteiger partial charge in [-0.05, 0) is 17.7 Å². The van der Waals surface area contributed by atoms with E-state index in [2.05, 4.69) is 15.7 Å². The second kappa shape index (κ2) is 5.19. The molecule has 0 amide bonds. The Morgan fingerprint density at radius 1 is 1.39 bits per heavy atom. The van der Waals surface area contributed by atoms with Gasteiger partial charge in [0.25, 0.3) is 0 Å². The lowest BCUT2D eigenvalue weighted by Crippen LogP contribution is -2.29. The predicted octanol–water partition coefficient (Wildman–Crippen LogP) is 0.840. The SMILES string of the molecule is Cn1cc(CC(NN)c2ccc(F)c(F)c2)nn1. The Morgan fingerprint density at radius 2 is 2.17 bits per heavy atom. The van der Waals surface area contributed by atoms with Gasteiger partial charge in [0.15, 0.2) is 11.6 Å². The monoisotopic (exact) mass is 253 g/mol. The highest BCUT2D eigenvalue weighted by Gasteiger charge is 2.14. The van der Waals surface area contributed by atoms with Crippen LogP contribution < -0.4 is 11.3 Å². The molecule has 7 heteroatoms. The zero-order chi connectivity index (χ0) is 13.1. The highest BCUT2D eigenvalue weighted by molar-refractivity contribution is 5.22. The smallest absolute Gasteiger partial charge is 0.159 e. The molecule has 5 nitrogen and oxygen atoms in total. The minimum atomic E-state index is -0.896. The summed E-state index contributed by atoms with van der Waals surface area (Å²) in [6.45, 7) is 0. The molecule has 0 aliphatic heterocycles. The van der Waals surface area contributed by atoms with Crippen LogP contribution in [0.1, 0.15) is 17.3 Å². The quantitative estimate of drug-likeness (QED) is 0.626. The van der Waals surface area contributed by atoms with Gasteiger partial charge in [-0.3, -0.25) is 16.0 Å². The van der Waals surface area contributed by atoms with Gasteiger partial charge in [-0.2, -0.15) is 0 Å². The van der Waals surface area contributed by atoms with Crippen LogP contribution in [0.4, 0.5) is 8.78 Å². The van der Waals surface area contributed by atoms with E-state index >= 15 is 0 Å². The molecule has 18 heavy (non-hydrogen) atoms. The standard InChI is InChI=1S/C11H13F2N5/c1-18-6-8(16-17-18)5-11(15-14)7-2-3-9(12)10(13)4-7/h2-4,6,11,15H,5,14H2,1H3. The van der Waals surface area contributed by atoms with E-state index in [0.29, 0.717) is 17.7 Å². The molecule has 0 aliphatic carbocycles. The predicted molar refractivity (Wildman–Crippen MR) is 61.1 cm³/mol. The summed E-state index contributed by atoms with van der Waals surface area (Å²) in [4.78, 5) is 0. The van der Waals surface area contributed by atoms with Crippen LogP contribution in [-0.2, 0) is 13.5 Å². The molecule has 1 aromatic heterocycles. The maximum atomic E-state index is 13.1. The summed E-state index contributed by atoms with van der Waals surface area (Å²) < 4.78 is 27.6. The van der Waals surface area contributed by atoms with Gasteiger partial charge in [0.1, 0.15) is 0 Å². The molecule has 3 N–H and O–H groups in total. The first-order valence-corrected chi connectivity index (χ1v) is 5.36. The van der Waals surface area contributed by atoms with Crippen LogP contribution in [0.3, 0.4) is 0 Å². The second-order valence-corrected chi connectivity index (χ2v) is 3.98. The first-order chi connectivity index (χ1) is 8.60. The summed E-state index contributed by atoms with van der Waals surface area (Å²) in [5.41, 5.74) is 3.83. The van der Waals surface area contributed by atoms with Crippen molar-refractivity contribution in [2.24, 2.45) is 12.9 Å². The molecular formula is C11H13F2N5. The average Bonchev–Trinajstić information content (AvgIpc) is 2.75. The van der Waals surface area contributed by atoms with Gasteiger partial charge in [-0.1, -0.05) is 11.3 Å². The molecule has 0 saturated carbocycles. The second-order valence-electron chi connectivity index (χ2n) is 3.98. The van der Waals surface area contributed by atoms with E-state index in [-0.39, 0.29) is 6.04 Å². The number of aryl methyl sites for hydroxylation is 1. The van der Waals surface area contributed by atoms with Gasteiger partial charge < -0.3 is 0 Å². The molecule has 1 atom stereocenters. The summed E-state index contributed by atoms with van der Waals surface area (Å²) in [6, 6.07) is 3.33. The maximum Gasteiger partial charge on any atom is 0.159 e. The van der Waals surface area contributed by atoms with E-state index in [4.69, 9.17) is 5.84 Å². The van der Waals surface area contributed by atoms with Gasteiger partial charge >= 0.3 is 0 Å². The van der Waals surface area contributed by atoms with E-state index < -0.39 is 11.6 Å². The Hall–Kier alpha value is -1.86. The van der Waals surface area contributed by atoms with Crippen LogP contribution in [0.15, 0.2) is 24.4 Å². The lowest BCUT2D eigenvalue weighted by Gasteiger charge is -2.14. The average molecular weight is 253 g/mol. The highest BCUT2D eigenvalue weighted by Crippen LogP contribution is 2.18.